The molecule has 2 rings (SSSR count). The second-order valence-corrected chi connectivity index (χ2v) is 4.57. The lowest BCUT2D eigenvalue weighted by Crippen LogP contribution is -2.22. The van der Waals surface area contributed by atoms with Crippen LogP contribution in [0.4, 0.5) is 0 Å². The van der Waals surface area contributed by atoms with Gasteiger partial charge in [0.15, 0.2) is 0 Å². The maximum absolute atomic E-state index is 12.3. The molecule has 2 heterocycles. The zero-order valence-corrected chi connectivity index (χ0v) is 10.6. The summed E-state index contributed by atoms with van der Waals surface area (Å²) in [6.45, 7) is 5.96. The van der Waals surface area contributed by atoms with Crippen LogP contribution in [-0.4, -0.2) is 14.3 Å². The van der Waals surface area contributed by atoms with E-state index in [1.807, 2.05) is 46.1 Å². The molecule has 0 bridgehead atoms. The Morgan fingerprint density at radius 1 is 1.35 bits per heavy atom. The van der Waals surface area contributed by atoms with Crippen molar-refractivity contribution in [2.45, 2.75) is 26.7 Å². The van der Waals surface area contributed by atoms with Crippen LogP contribution in [0, 0.1) is 6.92 Å². The van der Waals surface area contributed by atoms with Gasteiger partial charge < -0.3 is 0 Å². The molecule has 0 aliphatic carbocycles. The highest BCUT2D eigenvalue weighted by Crippen LogP contribution is 2.13. The molecular weight excluding hydrogens is 214 g/mol. The molecule has 0 aromatic carbocycles. The topological polar surface area (TPSA) is 39.8 Å². The monoisotopic (exact) mass is 231 g/mol. The highest BCUT2D eigenvalue weighted by Gasteiger charge is 2.11. The van der Waals surface area contributed by atoms with Crippen LogP contribution < -0.4 is 5.56 Å². The molecule has 0 spiro atoms. The number of hydrogen-bond donors (Lipinski definition) is 0. The van der Waals surface area contributed by atoms with Gasteiger partial charge in [-0.25, -0.2) is 0 Å². The van der Waals surface area contributed by atoms with Crippen molar-refractivity contribution in [1.29, 1.82) is 0 Å². The van der Waals surface area contributed by atoms with Gasteiger partial charge in [-0.3, -0.25) is 14.0 Å². The predicted octanol–water partition coefficient (Wildman–Crippen LogP) is 2.00. The summed E-state index contributed by atoms with van der Waals surface area (Å²) < 4.78 is 3.39. The fourth-order valence-corrected chi connectivity index (χ4v) is 1.96. The van der Waals surface area contributed by atoms with Crippen molar-refractivity contribution in [3.8, 4) is 5.69 Å². The Balaban J connectivity index is 2.65. The third-order valence-corrected chi connectivity index (χ3v) is 2.85. The zero-order valence-electron chi connectivity index (χ0n) is 10.6. The molecule has 0 atom stereocenters. The summed E-state index contributed by atoms with van der Waals surface area (Å²) in [6.07, 6.45) is 3.65. The van der Waals surface area contributed by atoms with Crippen molar-refractivity contribution in [3.05, 3.63) is 46.1 Å². The minimum Gasteiger partial charge on any atom is -0.281 e. The van der Waals surface area contributed by atoms with Crippen LogP contribution >= 0.6 is 0 Å². The molecule has 0 unspecified atom stereocenters. The van der Waals surface area contributed by atoms with Gasteiger partial charge in [-0.15, -0.1) is 0 Å². The Bertz CT molecular complexity index is 593. The standard InChI is InChI=1S/C13H17N3O/c1-9(2)11-6-5-7-16(13(11)17)12-8-15(4)14-10(12)3/h5-9H,1-4H3. The second kappa shape index (κ2) is 4.20. The molecule has 4 nitrogen and oxygen atoms in total. The third kappa shape index (κ3) is 2.02. The van der Waals surface area contributed by atoms with E-state index in [-0.39, 0.29) is 11.5 Å². The van der Waals surface area contributed by atoms with Crippen LogP contribution in [0.15, 0.2) is 29.3 Å². The Hall–Kier alpha value is -1.84. The fraction of sp³-hybridized carbons (Fsp3) is 0.385. The normalized spacial score (nSPS) is 11.1. The lowest BCUT2D eigenvalue weighted by atomic mass is 10.1. The summed E-state index contributed by atoms with van der Waals surface area (Å²) in [4.78, 5) is 12.3. The van der Waals surface area contributed by atoms with Crippen LogP contribution in [0.25, 0.3) is 5.69 Å². The van der Waals surface area contributed by atoms with E-state index in [0.717, 1.165) is 16.9 Å². The predicted molar refractivity (Wildman–Crippen MR) is 67.6 cm³/mol. The van der Waals surface area contributed by atoms with Crippen molar-refractivity contribution < 1.29 is 0 Å². The SMILES string of the molecule is Cc1nn(C)cc1-n1cccc(C(C)C)c1=O. The molecule has 0 aliphatic heterocycles. The third-order valence-electron chi connectivity index (χ3n) is 2.85. The van der Waals surface area contributed by atoms with Gasteiger partial charge in [-0.2, -0.15) is 5.10 Å². The first-order valence-corrected chi connectivity index (χ1v) is 5.73. The number of pyridine rings is 1. The summed E-state index contributed by atoms with van der Waals surface area (Å²) in [5, 5.41) is 4.26. The first-order valence-electron chi connectivity index (χ1n) is 5.73. The summed E-state index contributed by atoms with van der Waals surface area (Å²) in [5.74, 6) is 0.229. The molecule has 0 saturated heterocycles. The van der Waals surface area contributed by atoms with Crippen LogP contribution in [0.2, 0.25) is 0 Å². The average Bonchev–Trinajstić information content (AvgIpc) is 2.57. The average molecular weight is 231 g/mol. The maximum Gasteiger partial charge on any atom is 0.258 e. The van der Waals surface area contributed by atoms with E-state index in [0.29, 0.717) is 0 Å². The molecule has 0 aliphatic rings. The van der Waals surface area contributed by atoms with E-state index in [1.54, 1.807) is 15.4 Å². The van der Waals surface area contributed by atoms with Gasteiger partial charge in [0.1, 0.15) is 0 Å². The fourth-order valence-electron chi connectivity index (χ4n) is 1.96. The molecule has 0 radical (unpaired) electrons. The van der Waals surface area contributed by atoms with Gasteiger partial charge in [-0.1, -0.05) is 19.9 Å². The molecule has 17 heavy (non-hydrogen) atoms. The number of nitrogens with zero attached hydrogens (tertiary/aromatic N) is 3. The quantitative estimate of drug-likeness (QED) is 0.793. The van der Waals surface area contributed by atoms with Gasteiger partial charge in [0.2, 0.25) is 0 Å². The van der Waals surface area contributed by atoms with Gasteiger partial charge >= 0.3 is 0 Å². The molecule has 0 saturated carbocycles. The maximum atomic E-state index is 12.3. The number of aryl methyl sites for hydroxylation is 2. The molecule has 0 fully saturated rings. The molecular formula is C13H17N3O. The van der Waals surface area contributed by atoms with Crippen LogP contribution in [0.1, 0.15) is 31.0 Å². The first kappa shape index (κ1) is 11.6. The first-order chi connectivity index (χ1) is 8.00. The lowest BCUT2D eigenvalue weighted by molar-refractivity contribution is 0.756. The summed E-state index contributed by atoms with van der Waals surface area (Å²) in [6, 6.07) is 3.79. The lowest BCUT2D eigenvalue weighted by Gasteiger charge is -2.08. The number of hydrogen-bond acceptors (Lipinski definition) is 2. The summed E-state index contributed by atoms with van der Waals surface area (Å²) >= 11 is 0. The van der Waals surface area contributed by atoms with Crippen molar-refractivity contribution in [2.24, 2.45) is 7.05 Å². The van der Waals surface area contributed by atoms with E-state index in [2.05, 4.69) is 5.10 Å². The molecule has 0 N–H and O–H groups in total. The van der Waals surface area contributed by atoms with Crippen molar-refractivity contribution >= 4 is 0 Å². The van der Waals surface area contributed by atoms with E-state index in [1.165, 1.54) is 0 Å². The molecule has 2 aromatic heterocycles. The van der Waals surface area contributed by atoms with Crippen LogP contribution in [0.3, 0.4) is 0 Å². The van der Waals surface area contributed by atoms with E-state index in [9.17, 15) is 4.79 Å². The Morgan fingerprint density at radius 2 is 2.06 bits per heavy atom. The summed E-state index contributed by atoms with van der Waals surface area (Å²) in [5.41, 5.74) is 2.57. The van der Waals surface area contributed by atoms with Gasteiger partial charge in [-0.05, 0) is 18.9 Å². The molecule has 2 aromatic rings. The van der Waals surface area contributed by atoms with E-state index in [4.69, 9.17) is 0 Å². The zero-order chi connectivity index (χ0) is 12.6. The largest absolute Gasteiger partial charge is 0.281 e. The number of rotatable bonds is 2. The Morgan fingerprint density at radius 3 is 2.59 bits per heavy atom. The molecule has 4 heteroatoms. The number of aromatic nitrogens is 3. The second-order valence-electron chi connectivity index (χ2n) is 4.57. The van der Waals surface area contributed by atoms with E-state index >= 15 is 0 Å². The summed E-state index contributed by atoms with van der Waals surface area (Å²) in [7, 11) is 1.85. The van der Waals surface area contributed by atoms with Crippen LogP contribution in [0.5, 0.6) is 0 Å². The minimum atomic E-state index is 0.0404. The van der Waals surface area contributed by atoms with Gasteiger partial charge in [0.25, 0.3) is 5.56 Å². The van der Waals surface area contributed by atoms with Crippen molar-refractivity contribution in [1.82, 2.24) is 14.3 Å². The van der Waals surface area contributed by atoms with Crippen molar-refractivity contribution in [2.75, 3.05) is 0 Å². The van der Waals surface area contributed by atoms with Gasteiger partial charge in [0.05, 0.1) is 11.4 Å². The highest BCUT2D eigenvalue weighted by molar-refractivity contribution is 5.35. The Kier molecular flexibility index (Phi) is 2.88. The molecule has 90 valence electrons. The van der Waals surface area contributed by atoms with Crippen LogP contribution in [-0.2, 0) is 7.05 Å². The Labute approximate surface area is 101 Å². The minimum absolute atomic E-state index is 0.0404. The smallest absolute Gasteiger partial charge is 0.258 e. The van der Waals surface area contributed by atoms with E-state index < -0.39 is 0 Å². The highest BCUT2D eigenvalue weighted by atomic mass is 16.1. The van der Waals surface area contributed by atoms with Crippen molar-refractivity contribution in [3.63, 3.8) is 0 Å². The molecule has 0 amide bonds. The van der Waals surface area contributed by atoms with Gasteiger partial charge in [0, 0.05) is 25.0 Å².